The normalized spacial score (nSPS) is 10.9. The maximum absolute atomic E-state index is 10.9. The molecule has 1 rings (SSSR count). The molecular formula is C9H11N3O3. The quantitative estimate of drug-likeness (QED) is 0.555. The Labute approximate surface area is 86.7 Å². The molecule has 0 amide bonds. The van der Waals surface area contributed by atoms with Crippen molar-refractivity contribution in [1.29, 1.82) is 0 Å². The molecule has 0 unspecified atom stereocenters. The summed E-state index contributed by atoms with van der Waals surface area (Å²) in [5.41, 5.74) is 6.13. The zero-order valence-corrected chi connectivity index (χ0v) is 8.43. The van der Waals surface area contributed by atoms with E-state index in [-0.39, 0.29) is 5.70 Å². The van der Waals surface area contributed by atoms with Crippen molar-refractivity contribution in [2.75, 3.05) is 14.2 Å². The highest BCUT2D eigenvalue weighted by Crippen LogP contribution is 2.09. The van der Waals surface area contributed by atoms with E-state index in [1.807, 2.05) is 0 Å². The van der Waals surface area contributed by atoms with Crippen molar-refractivity contribution in [3.05, 3.63) is 24.2 Å². The summed E-state index contributed by atoms with van der Waals surface area (Å²) in [6.07, 6.45) is 4.00. The van der Waals surface area contributed by atoms with E-state index in [0.717, 1.165) is 6.08 Å². The molecule has 0 aliphatic heterocycles. The van der Waals surface area contributed by atoms with Crippen LogP contribution < -0.4 is 10.5 Å². The van der Waals surface area contributed by atoms with Crippen LogP contribution in [0.5, 0.6) is 5.88 Å². The highest BCUT2D eigenvalue weighted by Gasteiger charge is 2.04. The Kier molecular flexibility index (Phi) is 3.61. The van der Waals surface area contributed by atoms with Crippen LogP contribution in [0.25, 0.3) is 5.70 Å². The summed E-state index contributed by atoms with van der Waals surface area (Å²) < 4.78 is 9.29. The molecule has 0 aromatic carbocycles. The SMILES string of the molecule is COC(=O)/C=C(\N)c1cncc(OC)n1. The first-order chi connectivity index (χ1) is 7.17. The number of aromatic nitrogens is 2. The molecule has 1 aromatic rings. The molecule has 6 nitrogen and oxygen atoms in total. The molecule has 15 heavy (non-hydrogen) atoms. The van der Waals surface area contributed by atoms with Gasteiger partial charge in [-0.1, -0.05) is 0 Å². The average molecular weight is 209 g/mol. The fourth-order valence-corrected chi connectivity index (χ4v) is 0.845. The third kappa shape index (κ3) is 2.94. The van der Waals surface area contributed by atoms with Crippen LogP contribution in [0.2, 0.25) is 0 Å². The lowest BCUT2D eigenvalue weighted by atomic mass is 10.3. The van der Waals surface area contributed by atoms with Gasteiger partial charge >= 0.3 is 5.97 Å². The third-order valence-corrected chi connectivity index (χ3v) is 1.59. The van der Waals surface area contributed by atoms with Gasteiger partial charge in [0.1, 0.15) is 5.69 Å². The fourth-order valence-electron chi connectivity index (χ4n) is 0.845. The minimum absolute atomic E-state index is 0.174. The Morgan fingerprint density at radius 2 is 2.20 bits per heavy atom. The second kappa shape index (κ2) is 4.94. The van der Waals surface area contributed by atoms with Crippen LogP contribution >= 0.6 is 0 Å². The number of hydrogen-bond donors (Lipinski definition) is 1. The predicted molar refractivity (Wildman–Crippen MR) is 52.8 cm³/mol. The molecule has 0 aliphatic carbocycles. The molecule has 0 saturated heterocycles. The first-order valence-electron chi connectivity index (χ1n) is 4.09. The molecule has 1 aromatic heterocycles. The van der Waals surface area contributed by atoms with Crippen molar-refractivity contribution in [2.45, 2.75) is 0 Å². The third-order valence-electron chi connectivity index (χ3n) is 1.59. The molecule has 0 bridgehead atoms. The van der Waals surface area contributed by atoms with Crippen molar-refractivity contribution in [3.8, 4) is 5.88 Å². The maximum atomic E-state index is 10.9. The summed E-state index contributed by atoms with van der Waals surface area (Å²) in [4.78, 5) is 18.7. The fraction of sp³-hybridized carbons (Fsp3) is 0.222. The number of carbonyl (C=O) groups is 1. The van der Waals surface area contributed by atoms with Gasteiger partial charge in [-0.15, -0.1) is 0 Å². The van der Waals surface area contributed by atoms with Crippen molar-refractivity contribution in [1.82, 2.24) is 9.97 Å². The summed E-state index contributed by atoms with van der Waals surface area (Å²) >= 11 is 0. The van der Waals surface area contributed by atoms with Crippen LogP contribution in [0.1, 0.15) is 5.69 Å². The number of rotatable bonds is 3. The zero-order valence-electron chi connectivity index (χ0n) is 8.43. The summed E-state index contributed by atoms with van der Waals surface area (Å²) in [6, 6.07) is 0. The first-order valence-corrected chi connectivity index (χ1v) is 4.09. The Hall–Kier alpha value is -2.11. The molecule has 0 spiro atoms. The van der Waals surface area contributed by atoms with E-state index in [2.05, 4.69) is 14.7 Å². The Bertz CT molecular complexity index is 390. The zero-order chi connectivity index (χ0) is 11.3. The van der Waals surface area contributed by atoms with E-state index in [9.17, 15) is 4.79 Å². The van der Waals surface area contributed by atoms with Crippen LogP contribution in [0, 0.1) is 0 Å². The number of nitrogens with two attached hydrogens (primary N) is 1. The minimum Gasteiger partial charge on any atom is -0.480 e. The van der Waals surface area contributed by atoms with Crippen molar-refractivity contribution in [2.24, 2.45) is 5.73 Å². The van der Waals surface area contributed by atoms with Gasteiger partial charge in [-0.25, -0.2) is 9.78 Å². The summed E-state index contributed by atoms with van der Waals surface area (Å²) in [6.45, 7) is 0. The number of carbonyl (C=O) groups excluding carboxylic acids is 1. The molecule has 1 heterocycles. The van der Waals surface area contributed by atoms with E-state index in [1.54, 1.807) is 0 Å². The molecule has 0 fully saturated rings. The largest absolute Gasteiger partial charge is 0.480 e. The minimum atomic E-state index is -0.544. The van der Waals surface area contributed by atoms with Gasteiger partial charge in [-0.2, -0.15) is 0 Å². The highest BCUT2D eigenvalue weighted by atomic mass is 16.5. The van der Waals surface area contributed by atoms with Gasteiger partial charge in [0.2, 0.25) is 5.88 Å². The van der Waals surface area contributed by atoms with Gasteiger partial charge < -0.3 is 15.2 Å². The van der Waals surface area contributed by atoms with Gasteiger partial charge in [0.25, 0.3) is 0 Å². The number of hydrogen-bond acceptors (Lipinski definition) is 6. The van der Waals surface area contributed by atoms with E-state index >= 15 is 0 Å². The van der Waals surface area contributed by atoms with Crippen LogP contribution in [0.4, 0.5) is 0 Å². The summed E-state index contributed by atoms with van der Waals surface area (Å²) in [5.74, 6) is -0.217. The Morgan fingerprint density at radius 3 is 2.80 bits per heavy atom. The molecule has 80 valence electrons. The van der Waals surface area contributed by atoms with Crippen molar-refractivity contribution in [3.63, 3.8) is 0 Å². The summed E-state index contributed by atoms with van der Waals surface area (Å²) in [7, 11) is 2.73. The molecule has 0 saturated carbocycles. The van der Waals surface area contributed by atoms with Gasteiger partial charge in [0, 0.05) is 6.08 Å². The number of methoxy groups -OCH3 is 2. The van der Waals surface area contributed by atoms with Crippen LogP contribution in [-0.4, -0.2) is 30.2 Å². The van der Waals surface area contributed by atoms with E-state index in [4.69, 9.17) is 10.5 Å². The number of nitrogens with zero attached hydrogens (tertiary/aromatic N) is 2. The first kappa shape index (κ1) is 11.0. The van der Waals surface area contributed by atoms with Gasteiger partial charge in [0.15, 0.2) is 0 Å². The molecule has 6 heteroatoms. The van der Waals surface area contributed by atoms with E-state index < -0.39 is 5.97 Å². The second-order valence-electron chi connectivity index (χ2n) is 2.57. The lowest BCUT2D eigenvalue weighted by Gasteiger charge is -2.02. The standard InChI is InChI=1S/C9H11N3O3/c1-14-8-5-11-4-7(12-8)6(10)3-9(13)15-2/h3-5H,10H2,1-2H3/b6-3-. The molecule has 2 N–H and O–H groups in total. The number of esters is 1. The lowest BCUT2D eigenvalue weighted by molar-refractivity contribution is -0.134. The van der Waals surface area contributed by atoms with Crippen LogP contribution in [0.15, 0.2) is 18.5 Å². The van der Waals surface area contributed by atoms with Crippen molar-refractivity contribution >= 4 is 11.7 Å². The average Bonchev–Trinajstić information content (AvgIpc) is 2.28. The maximum Gasteiger partial charge on any atom is 0.332 e. The van der Waals surface area contributed by atoms with E-state index in [0.29, 0.717) is 11.6 Å². The van der Waals surface area contributed by atoms with Gasteiger partial charge in [0.05, 0.1) is 32.3 Å². The monoisotopic (exact) mass is 209 g/mol. The molecular weight excluding hydrogens is 198 g/mol. The lowest BCUT2D eigenvalue weighted by Crippen LogP contribution is -2.05. The van der Waals surface area contributed by atoms with Crippen LogP contribution in [-0.2, 0) is 9.53 Å². The predicted octanol–water partition coefficient (Wildman–Crippen LogP) is -0.0422. The highest BCUT2D eigenvalue weighted by molar-refractivity contribution is 5.89. The van der Waals surface area contributed by atoms with Gasteiger partial charge in [-0.05, 0) is 0 Å². The van der Waals surface area contributed by atoms with Crippen LogP contribution in [0.3, 0.4) is 0 Å². The topological polar surface area (TPSA) is 87.3 Å². The molecule has 0 radical (unpaired) electrons. The van der Waals surface area contributed by atoms with Gasteiger partial charge in [-0.3, -0.25) is 4.98 Å². The van der Waals surface area contributed by atoms with Crippen molar-refractivity contribution < 1.29 is 14.3 Å². The second-order valence-corrected chi connectivity index (χ2v) is 2.57. The Morgan fingerprint density at radius 1 is 1.47 bits per heavy atom. The molecule has 0 atom stereocenters. The Balaban J connectivity index is 2.95. The molecule has 0 aliphatic rings. The smallest absolute Gasteiger partial charge is 0.332 e. The van der Waals surface area contributed by atoms with E-state index in [1.165, 1.54) is 26.6 Å². The number of ether oxygens (including phenoxy) is 2. The summed E-state index contributed by atoms with van der Waals surface area (Å²) in [5, 5.41) is 0.